The molecule has 2 unspecified atom stereocenters. The molecule has 0 aliphatic carbocycles. The Balaban J connectivity index is 1.97. The smallest absolute Gasteiger partial charge is 0.130 e. The van der Waals surface area contributed by atoms with E-state index in [1.54, 1.807) is 13.2 Å². The van der Waals surface area contributed by atoms with E-state index in [9.17, 15) is 4.39 Å². The zero-order chi connectivity index (χ0) is 13.7. The first kappa shape index (κ1) is 14.9. The monoisotopic (exact) mass is 331 g/mol. The molecule has 2 atom stereocenters. The fourth-order valence-electron chi connectivity index (χ4n) is 2.38. The number of hydrogen-bond acceptors (Lipinski definition) is 3. The minimum Gasteiger partial charge on any atom is -0.383 e. The molecule has 1 heterocycles. The van der Waals surface area contributed by atoms with Gasteiger partial charge in [0.05, 0.1) is 12.7 Å². The highest BCUT2D eigenvalue weighted by Gasteiger charge is 2.31. The van der Waals surface area contributed by atoms with Gasteiger partial charge in [-0.05, 0) is 18.6 Å². The second kappa shape index (κ2) is 7.33. The lowest BCUT2D eigenvalue weighted by Crippen LogP contribution is -2.27. The van der Waals surface area contributed by atoms with Crippen molar-refractivity contribution < 1.29 is 13.9 Å². The Kier molecular flexibility index (Phi) is 5.76. The van der Waals surface area contributed by atoms with Gasteiger partial charge >= 0.3 is 0 Å². The molecule has 1 aromatic rings. The summed E-state index contributed by atoms with van der Waals surface area (Å²) in [4.78, 5) is 0. The maximum Gasteiger partial charge on any atom is 0.130 e. The molecule has 106 valence electrons. The highest BCUT2D eigenvalue weighted by Crippen LogP contribution is 2.36. The van der Waals surface area contributed by atoms with Gasteiger partial charge in [0.1, 0.15) is 5.82 Å². The first-order chi connectivity index (χ1) is 9.22. The summed E-state index contributed by atoms with van der Waals surface area (Å²) >= 11 is 3.27. The molecule has 1 fully saturated rings. The third-order valence-corrected chi connectivity index (χ3v) is 3.87. The molecule has 0 bridgehead atoms. The van der Waals surface area contributed by atoms with Gasteiger partial charge in [0.25, 0.3) is 0 Å². The average molecular weight is 332 g/mol. The van der Waals surface area contributed by atoms with Gasteiger partial charge in [-0.3, -0.25) is 0 Å². The molecule has 1 aromatic carbocycles. The van der Waals surface area contributed by atoms with Crippen molar-refractivity contribution in [3.63, 3.8) is 0 Å². The van der Waals surface area contributed by atoms with Crippen LogP contribution in [-0.2, 0) is 9.47 Å². The summed E-state index contributed by atoms with van der Waals surface area (Å²) in [5.74, 6) is 0.107. The van der Waals surface area contributed by atoms with Crippen LogP contribution < -0.4 is 5.32 Å². The van der Waals surface area contributed by atoms with E-state index in [0.717, 1.165) is 24.0 Å². The number of hydrogen-bond donors (Lipinski definition) is 1. The van der Waals surface area contributed by atoms with Crippen LogP contribution in [0.3, 0.4) is 0 Å². The summed E-state index contributed by atoms with van der Waals surface area (Å²) in [6, 6.07) is 5.15. The van der Waals surface area contributed by atoms with E-state index in [2.05, 4.69) is 21.2 Å². The lowest BCUT2D eigenvalue weighted by molar-refractivity contribution is 0.0868. The molecule has 5 heteroatoms. The van der Waals surface area contributed by atoms with Gasteiger partial charge in [-0.15, -0.1) is 0 Å². The molecule has 3 nitrogen and oxygen atoms in total. The van der Waals surface area contributed by atoms with Crippen molar-refractivity contribution in [2.75, 3.05) is 33.4 Å². The number of rotatable bonds is 6. The van der Waals surface area contributed by atoms with Crippen LogP contribution in [0.5, 0.6) is 0 Å². The molecule has 0 spiro atoms. The summed E-state index contributed by atoms with van der Waals surface area (Å²) in [5, 5.41) is 3.32. The van der Waals surface area contributed by atoms with Gasteiger partial charge in [0.2, 0.25) is 0 Å². The first-order valence-corrected chi connectivity index (χ1v) is 7.28. The van der Waals surface area contributed by atoms with Crippen LogP contribution in [0.4, 0.5) is 4.39 Å². The van der Waals surface area contributed by atoms with Crippen molar-refractivity contribution in [2.24, 2.45) is 5.92 Å². The molecule has 1 aliphatic heterocycles. The quantitative estimate of drug-likeness (QED) is 0.813. The van der Waals surface area contributed by atoms with Crippen LogP contribution in [0.25, 0.3) is 0 Å². The van der Waals surface area contributed by atoms with E-state index in [-0.39, 0.29) is 11.9 Å². The van der Waals surface area contributed by atoms with E-state index in [4.69, 9.17) is 9.47 Å². The fraction of sp³-hybridized carbons (Fsp3) is 0.571. The number of methoxy groups -OCH3 is 1. The van der Waals surface area contributed by atoms with Gasteiger partial charge in [0, 0.05) is 42.8 Å². The second-order valence-corrected chi connectivity index (χ2v) is 5.62. The standard InChI is InChI=1S/C14H19BrFNO2/c1-18-7-5-17-9-10-4-6-19-14(10)12-3-2-11(15)8-13(12)16/h2-3,8,10,14,17H,4-7,9H2,1H3. The van der Waals surface area contributed by atoms with E-state index >= 15 is 0 Å². The highest BCUT2D eigenvalue weighted by atomic mass is 79.9. The Bertz CT molecular complexity index is 416. The Morgan fingerprint density at radius 3 is 3.11 bits per heavy atom. The Morgan fingerprint density at radius 1 is 1.53 bits per heavy atom. The summed E-state index contributed by atoms with van der Waals surface area (Å²) in [6.45, 7) is 3.01. The predicted octanol–water partition coefficient (Wildman–Crippen LogP) is 2.90. The van der Waals surface area contributed by atoms with Crippen molar-refractivity contribution in [1.82, 2.24) is 5.32 Å². The zero-order valence-electron chi connectivity index (χ0n) is 11.0. The van der Waals surface area contributed by atoms with Crippen molar-refractivity contribution in [3.8, 4) is 0 Å². The molecule has 19 heavy (non-hydrogen) atoms. The van der Waals surface area contributed by atoms with Crippen LogP contribution in [0.15, 0.2) is 22.7 Å². The molecule has 0 amide bonds. The van der Waals surface area contributed by atoms with E-state index in [0.29, 0.717) is 24.7 Å². The summed E-state index contributed by atoms with van der Waals surface area (Å²) < 4.78 is 25.4. The Labute approximate surface area is 121 Å². The average Bonchev–Trinajstić information content (AvgIpc) is 2.83. The molecular formula is C14H19BrFNO2. The minimum atomic E-state index is -0.205. The molecule has 1 N–H and O–H groups in total. The maximum absolute atomic E-state index is 14.0. The molecule has 1 aliphatic rings. The number of ether oxygens (including phenoxy) is 2. The number of halogens is 2. The maximum atomic E-state index is 14.0. The van der Waals surface area contributed by atoms with E-state index < -0.39 is 0 Å². The van der Waals surface area contributed by atoms with E-state index in [1.807, 2.05) is 6.07 Å². The Morgan fingerprint density at radius 2 is 2.37 bits per heavy atom. The molecule has 2 rings (SSSR count). The summed E-state index contributed by atoms with van der Waals surface area (Å²) in [6.07, 6.45) is 0.809. The van der Waals surface area contributed by atoms with Crippen molar-refractivity contribution in [3.05, 3.63) is 34.1 Å². The lowest BCUT2D eigenvalue weighted by atomic mass is 9.95. The van der Waals surface area contributed by atoms with Gasteiger partial charge < -0.3 is 14.8 Å². The van der Waals surface area contributed by atoms with Gasteiger partial charge in [0.15, 0.2) is 0 Å². The second-order valence-electron chi connectivity index (χ2n) is 4.70. The molecule has 0 radical (unpaired) electrons. The highest BCUT2D eigenvalue weighted by molar-refractivity contribution is 9.10. The molecular weight excluding hydrogens is 313 g/mol. The molecule has 0 aromatic heterocycles. The van der Waals surface area contributed by atoms with Crippen molar-refractivity contribution in [2.45, 2.75) is 12.5 Å². The zero-order valence-corrected chi connectivity index (χ0v) is 12.6. The van der Waals surface area contributed by atoms with Crippen molar-refractivity contribution in [1.29, 1.82) is 0 Å². The molecule has 0 saturated carbocycles. The van der Waals surface area contributed by atoms with Crippen molar-refractivity contribution >= 4 is 15.9 Å². The Hall–Kier alpha value is -0.490. The van der Waals surface area contributed by atoms with Crippen LogP contribution in [0, 0.1) is 11.7 Å². The minimum absolute atomic E-state index is 0.150. The van der Waals surface area contributed by atoms with Gasteiger partial charge in [-0.1, -0.05) is 22.0 Å². The summed E-state index contributed by atoms with van der Waals surface area (Å²) in [7, 11) is 1.68. The van der Waals surface area contributed by atoms with Gasteiger partial charge in [-0.2, -0.15) is 0 Å². The summed E-state index contributed by atoms with van der Waals surface area (Å²) in [5.41, 5.74) is 0.652. The van der Waals surface area contributed by atoms with Crippen LogP contribution in [0.2, 0.25) is 0 Å². The van der Waals surface area contributed by atoms with Crippen LogP contribution in [-0.4, -0.2) is 33.4 Å². The normalized spacial score (nSPS) is 22.9. The largest absolute Gasteiger partial charge is 0.383 e. The topological polar surface area (TPSA) is 30.5 Å². The van der Waals surface area contributed by atoms with Crippen LogP contribution >= 0.6 is 15.9 Å². The van der Waals surface area contributed by atoms with Gasteiger partial charge in [-0.25, -0.2) is 4.39 Å². The fourth-order valence-corrected chi connectivity index (χ4v) is 2.71. The van der Waals surface area contributed by atoms with E-state index in [1.165, 1.54) is 6.07 Å². The lowest BCUT2D eigenvalue weighted by Gasteiger charge is -2.20. The third-order valence-electron chi connectivity index (χ3n) is 3.37. The SMILES string of the molecule is COCCNCC1CCOC1c1ccc(Br)cc1F. The first-order valence-electron chi connectivity index (χ1n) is 6.48. The van der Waals surface area contributed by atoms with Crippen LogP contribution in [0.1, 0.15) is 18.1 Å². The number of nitrogens with one attached hydrogen (secondary N) is 1. The third kappa shape index (κ3) is 3.99. The number of benzene rings is 1. The molecule has 1 saturated heterocycles. The predicted molar refractivity (Wildman–Crippen MR) is 75.6 cm³/mol.